The average molecular weight is 235 g/mol. The first-order valence-corrected chi connectivity index (χ1v) is 5.23. The van der Waals surface area contributed by atoms with Crippen LogP contribution in [0.1, 0.15) is 21.7 Å². The summed E-state index contributed by atoms with van der Waals surface area (Å²) < 4.78 is 0.501. The topological polar surface area (TPSA) is 64.7 Å². The maximum atomic E-state index is 11.5. The Morgan fingerprint density at radius 2 is 2.13 bits per heavy atom. The smallest absolute Gasteiger partial charge is 0.177 e. The summed E-state index contributed by atoms with van der Waals surface area (Å²) >= 11 is 6.97. The van der Waals surface area contributed by atoms with Gasteiger partial charge in [-0.05, 0) is 11.6 Å². The first-order valence-electron chi connectivity index (χ1n) is 4.03. The molecular formula is C10H3ClN2OS. The van der Waals surface area contributed by atoms with Gasteiger partial charge in [0, 0.05) is 12.0 Å². The molecule has 1 aromatic rings. The average Bonchev–Trinajstić information content (AvgIpc) is 2.70. The number of nitrogens with zero attached hydrogens (tertiary/aromatic N) is 2. The zero-order valence-electron chi connectivity index (χ0n) is 7.37. The third kappa shape index (κ3) is 1.45. The van der Waals surface area contributed by atoms with Crippen molar-refractivity contribution in [1.29, 1.82) is 10.5 Å². The van der Waals surface area contributed by atoms with E-state index in [1.165, 1.54) is 11.3 Å². The van der Waals surface area contributed by atoms with Crippen LogP contribution in [0.2, 0.25) is 4.34 Å². The van der Waals surface area contributed by atoms with Crippen molar-refractivity contribution < 1.29 is 4.79 Å². The quantitative estimate of drug-likeness (QED) is 0.649. The number of halogens is 1. The monoisotopic (exact) mass is 234 g/mol. The summed E-state index contributed by atoms with van der Waals surface area (Å²) in [4.78, 5) is 12.1. The Morgan fingerprint density at radius 3 is 2.73 bits per heavy atom. The van der Waals surface area contributed by atoms with Gasteiger partial charge in [-0.25, -0.2) is 0 Å². The zero-order chi connectivity index (χ0) is 11.0. The number of thiophene rings is 1. The van der Waals surface area contributed by atoms with Crippen molar-refractivity contribution >= 4 is 34.3 Å². The van der Waals surface area contributed by atoms with Gasteiger partial charge < -0.3 is 0 Å². The van der Waals surface area contributed by atoms with Gasteiger partial charge in [0.25, 0.3) is 0 Å². The van der Waals surface area contributed by atoms with Gasteiger partial charge in [-0.2, -0.15) is 10.5 Å². The zero-order valence-corrected chi connectivity index (χ0v) is 8.95. The fourth-order valence-electron chi connectivity index (χ4n) is 1.51. The van der Waals surface area contributed by atoms with E-state index < -0.39 is 0 Å². The lowest BCUT2D eigenvalue weighted by atomic mass is 10.1. The summed E-state index contributed by atoms with van der Waals surface area (Å²) in [5.41, 5.74) is 1.15. The molecule has 0 aliphatic heterocycles. The van der Waals surface area contributed by atoms with Gasteiger partial charge in [-0.1, -0.05) is 11.6 Å². The van der Waals surface area contributed by atoms with Crippen molar-refractivity contribution in [2.75, 3.05) is 0 Å². The highest BCUT2D eigenvalue weighted by Crippen LogP contribution is 2.41. The van der Waals surface area contributed by atoms with Crippen molar-refractivity contribution in [3.63, 3.8) is 0 Å². The third-order valence-corrected chi connectivity index (χ3v) is 3.45. The number of carbonyl (C=O) groups excluding carboxylic acids is 1. The number of nitriles is 2. The van der Waals surface area contributed by atoms with Crippen LogP contribution in [-0.4, -0.2) is 5.78 Å². The second-order valence-corrected chi connectivity index (χ2v) is 4.65. The van der Waals surface area contributed by atoms with E-state index in [0.29, 0.717) is 20.4 Å². The van der Waals surface area contributed by atoms with E-state index in [2.05, 4.69) is 0 Å². The molecule has 0 bridgehead atoms. The molecule has 2 rings (SSSR count). The second kappa shape index (κ2) is 3.51. The summed E-state index contributed by atoms with van der Waals surface area (Å²) in [7, 11) is 0. The van der Waals surface area contributed by atoms with Crippen molar-refractivity contribution in [3.05, 3.63) is 26.4 Å². The molecule has 1 aliphatic carbocycles. The molecule has 0 N–H and O–H groups in total. The molecule has 0 spiro atoms. The lowest BCUT2D eigenvalue weighted by Crippen LogP contribution is -1.87. The Morgan fingerprint density at radius 1 is 1.47 bits per heavy atom. The highest BCUT2D eigenvalue weighted by atomic mass is 35.5. The molecule has 5 heteroatoms. The van der Waals surface area contributed by atoms with Gasteiger partial charge in [0.1, 0.15) is 17.7 Å². The van der Waals surface area contributed by atoms with Gasteiger partial charge in [-0.3, -0.25) is 4.79 Å². The van der Waals surface area contributed by atoms with E-state index in [1.807, 2.05) is 0 Å². The SMILES string of the molecule is N#CC(C#N)=C1CC(=O)c2sc(Cl)cc21. The Kier molecular flexibility index (Phi) is 2.32. The normalized spacial score (nSPS) is 13.3. The Hall–Kier alpha value is -1.62. The van der Waals surface area contributed by atoms with Crippen LogP contribution in [0.3, 0.4) is 0 Å². The second-order valence-electron chi connectivity index (χ2n) is 2.97. The lowest BCUT2D eigenvalue weighted by Gasteiger charge is -1.93. The lowest BCUT2D eigenvalue weighted by molar-refractivity contribution is 0.101. The van der Waals surface area contributed by atoms with Gasteiger partial charge in [-0.15, -0.1) is 11.3 Å². The van der Waals surface area contributed by atoms with Gasteiger partial charge in [0.05, 0.1) is 9.21 Å². The first kappa shape index (κ1) is 9.92. The minimum Gasteiger partial charge on any atom is -0.293 e. The van der Waals surface area contributed by atoms with E-state index >= 15 is 0 Å². The Balaban J connectivity index is 2.70. The largest absolute Gasteiger partial charge is 0.293 e. The molecule has 72 valence electrons. The molecule has 0 aromatic carbocycles. The van der Waals surface area contributed by atoms with Crippen molar-refractivity contribution in [3.8, 4) is 12.1 Å². The standard InChI is InChI=1S/C10H3ClN2OS/c11-9-2-7-6(5(3-12)4-13)1-8(14)10(7)15-9/h2H,1H2. The van der Waals surface area contributed by atoms with Crippen molar-refractivity contribution in [2.24, 2.45) is 0 Å². The first-order chi connectivity index (χ1) is 7.17. The Labute approximate surface area is 94.8 Å². The number of Topliss-reactive ketones (excluding diaryl/α,β-unsaturated/α-hetero) is 1. The number of allylic oxidation sites excluding steroid dienone is 2. The number of carbonyl (C=O) groups is 1. The van der Waals surface area contributed by atoms with Crippen LogP contribution in [0, 0.1) is 22.7 Å². The predicted molar refractivity (Wildman–Crippen MR) is 56.4 cm³/mol. The summed E-state index contributed by atoms with van der Waals surface area (Å²) in [5, 5.41) is 17.5. The fourth-order valence-corrected chi connectivity index (χ4v) is 2.70. The van der Waals surface area contributed by atoms with Gasteiger partial charge in [0.2, 0.25) is 0 Å². The van der Waals surface area contributed by atoms with E-state index in [-0.39, 0.29) is 17.8 Å². The third-order valence-electron chi connectivity index (χ3n) is 2.14. The van der Waals surface area contributed by atoms with Gasteiger partial charge in [0.15, 0.2) is 5.78 Å². The van der Waals surface area contributed by atoms with Crippen LogP contribution in [0.4, 0.5) is 0 Å². The molecule has 0 saturated carbocycles. The van der Waals surface area contributed by atoms with Crippen molar-refractivity contribution in [1.82, 2.24) is 0 Å². The molecule has 0 fully saturated rings. The number of rotatable bonds is 0. The number of ketones is 1. The molecule has 0 saturated heterocycles. The maximum Gasteiger partial charge on any atom is 0.177 e. The fraction of sp³-hybridized carbons (Fsp3) is 0.100. The molecule has 1 aromatic heterocycles. The molecule has 0 unspecified atom stereocenters. The molecule has 3 nitrogen and oxygen atoms in total. The summed E-state index contributed by atoms with van der Waals surface area (Å²) in [6, 6.07) is 5.22. The molecule has 0 atom stereocenters. The molecule has 0 radical (unpaired) electrons. The summed E-state index contributed by atoms with van der Waals surface area (Å²) in [6.07, 6.45) is 0.134. The van der Waals surface area contributed by atoms with Crippen LogP contribution in [0.5, 0.6) is 0 Å². The van der Waals surface area contributed by atoms with Crippen LogP contribution in [0.25, 0.3) is 5.57 Å². The van der Waals surface area contributed by atoms with E-state index in [1.54, 1.807) is 18.2 Å². The molecular weight excluding hydrogens is 232 g/mol. The van der Waals surface area contributed by atoms with E-state index in [0.717, 1.165) is 0 Å². The maximum absolute atomic E-state index is 11.5. The molecule has 0 amide bonds. The number of fused-ring (bicyclic) bond motifs is 1. The number of hydrogen-bond acceptors (Lipinski definition) is 4. The van der Waals surface area contributed by atoms with E-state index in [4.69, 9.17) is 22.1 Å². The van der Waals surface area contributed by atoms with Crippen molar-refractivity contribution in [2.45, 2.75) is 6.42 Å². The highest BCUT2D eigenvalue weighted by molar-refractivity contribution is 7.18. The van der Waals surface area contributed by atoms with Crippen LogP contribution in [0.15, 0.2) is 11.6 Å². The summed E-state index contributed by atoms with van der Waals surface area (Å²) in [6.45, 7) is 0. The van der Waals surface area contributed by atoms with E-state index in [9.17, 15) is 4.79 Å². The molecule has 1 aliphatic rings. The Bertz CT molecular complexity index is 555. The van der Waals surface area contributed by atoms with Crippen LogP contribution < -0.4 is 0 Å². The minimum atomic E-state index is -0.0695. The summed E-state index contributed by atoms with van der Waals surface area (Å²) in [5.74, 6) is -0.0695. The van der Waals surface area contributed by atoms with Crippen LogP contribution in [-0.2, 0) is 0 Å². The van der Waals surface area contributed by atoms with Crippen LogP contribution >= 0.6 is 22.9 Å². The molecule has 1 heterocycles. The van der Waals surface area contributed by atoms with Gasteiger partial charge >= 0.3 is 0 Å². The predicted octanol–water partition coefficient (Wildman–Crippen LogP) is 2.79. The minimum absolute atomic E-state index is 0.00318. The number of hydrogen-bond donors (Lipinski definition) is 0. The molecule has 15 heavy (non-hydrogen) atoms. The highest BCUT2D eigenvalue weighted by Gasteiger charge is 2.29.